The second kappa shape index (κ2) is 5.22. The maximum atomic E-state index is 5.32. The predicted octanol–water partition coefficient (Wildman–Crippen LogP) is 2.35. The third-order valence-electron chi connectivity index (χ3n) is 1.16. The molecule has 0 aliphatic rings. The highest BCUT2D eigenvalue weighted by Crippen LogP contribution is 2.52. The third kappa shape index (κ3) is 2.96. The molecular formula is C9H10P2. The van der Waals surface area contributed by atoms with Crippen molar-refractivity contribution in [1.29, 1.82) is 0 Å². The molecule has 0 fully saturated rings. The van der Waals surface area contributed by atoms with Gasteiger partial charge in [0.1, 0.15) is 0 Å². The zero-order valence-electron chi connectivity index (χ0n) is 6.70. The second-order valence-corrected chi connectivity index (χ2v) is 6.76. The van der Waals surface area contributed by atoms with Crippen molar-refractivity contribution in [2.45, 2.75) is 5.40 Å². The van der Waals surface area contributed by atoms with Gasteiger partial charge in [0.25, 0.3) is 0 Å². The molecule has 1 unspecified atom stereocenters. The average Bonchev–Trinajstić information content (AvgIpc) is 1.99. The van der Waals surface area contributed by atoms with Crippen LogP contribution in [0.4, 0.5) is 0 Å². The standard InChI is InChI=1S/C9H10P2/c1-6-9(10(4)5)11(7-2)8-3/h1-3,9H,4-5H3. The van der Waals surface area contributed by atoms with Gasteiger partial charge in [0, 0.05) is 0 Å². The van der Waals surface area contributed by atoms with Gasteiger partial charge >= 0.3 is 0 Å². The van der Waals surface area contributed by atoms with E-state index in [0.717, 1.165) is 0 Å². The molecule has 1 atom stereocenters. The summed E-state index contributed by atoms with van der Waals surface area (Å²) in [6.45, 7) is 4.20. The molecule has 11 heavy (non-hydrogen) atoms. The zero-order valence-corrected chi connectivity index (χ0v) is 8.49. The lowest BCUT2D eigenvalue weighted by Crippen LogP contribution is -1.95. The molecule has 0 radical (unpaired) electrons. The van der Waals surface area contributed by atoms with Gasteiger partial charge in [-0.1, -0.05) is 25.2 Å². The van der Waals surface area contributed by atoms with E-state index in [0.29, 0.717) is 0 Å². The van der Waals surface area contributed by atoms with Crippen LogP contribution < -0.4 is 0 Å². The molecular weight excluding hydrogens is 170 g/mol. The van der Waals surface area contributed by atoms with Crippen LogP contribution in [0, 0.1) is 36.5 Å². The van der Waals surface area contributed by atoms with Gasteiger partial charge < -0.3 is 0 Å². The number of rotatable bonds is 2. The highest BCUT2D eigenvalue weighted by molar-refractivity contribution is 7.81. The molecule has 56 valence electrons. The summed E-state index contributed by atoms with van der Waals surface area (Å²) in [5.41, 5.74) is 5.17. The van der Waals surface area contributed by atoms with Crippen molar-refractivity contribution in [3.8, 4) is 36.5 Å². The van der Waals surface area contributed by atoms with E-state index in [1.165, 1.54) is 0 Å². The van der Waals surface area contributed by atoms with Crippen LogP contribution in [0.25, 0.3) is 0 Å². The molecule has 0 spiro atoms. The fourth-order valence-corrected chi connectivity index (χ4v) is 3.68. The van der Waals surface area contributed by atoms with Gasteiger partial charge in [-0.05, 0) is 13.3 Å². The summed E-state index contributed by atoms with van der Waals surface area (Å²) < 4.78 is 0. The normalized spacial score (nSPS) is 11.7. The smallest absolute Gasteiger partial charge is 0.0812 e. The molecule has 0 amide bonds. The van der Waals surface area contributed by atoms with Crippen LogP contribution in [0.1, 0.15) is 0 Å². The SMILES string of the molecule is C#CC(P(C)C)P(C#C)C#C. The van der Waals surface area contributed by atoms with E-state index in [2.05, 4.69) is 30.6 Å². The molecule has 0 aliphatic carbocycles. The first kappa shape index (κ1) is 10.5. The van der Waals surface area contributed by atoms with Gasteiger partial charge in [-0.2, -0.15) is 0 Å². The van der Waals surface area contributed by atoms with Crippen LogP contribution in [0.5, 0.6) is 0 Å². The Hall–Kier alpha value is -0.460. The van der Waals surface area contributed by atoms with E-state index in [9.17, 15) is 0 Å². The third-order valence-corrected chi connectivity index (χ3v) is 5.56. The Bertz CT molecular complexity index is 220. The minimum absolute atomic E-state index is 0.134. The monoisotopic (exact) mass is 180 g/mol. The van der Waals surface area contributed by atoms with Gasteiger partial charge in [0.2, 0.25) is 0 Å². The Morgan fingerprint density at radius 1 is 1.09 bits per heavy atom. The van der Waals surface area contributed by atoms with E-state index in [1.54, 1.807) is 0 Å². The molecule has 0 aromatic heterocycles. The summed E-state index contributed by atoms with van der Waals surface area (Å²) in [6, 6.07) is 0. The lowest BCUT2D eigenvalue weighted by Gasteiger charge is -2.16. The van der Waals surface area contributed by atoms with Crippen molar-refractivity contribution >= 4 is 15.8 Å². The first-order chi connectivity index (χ1) is 5.17. The largest absolute Gasteiger partial charge is 0.119 e. The number of terminal acetylenes is 3. The van der Waals surface area contributed by atoms with E-state index < -0.39 is 7.92 Å². The molecule has 0 aromatic carbocycles. The van der Waals surface area contributed by atoms with Gasteiger partial charge in [0.15, 0.2) is 0 Å². The van der Waals surface area contributed by atoms with Crippen LogP contribution in [-0.4, -0.2) is 18.7 Å². The molecule has 0 saturated heterocycles. The average molecular weight is 180 g/mol. The van der Waals surface area contributed by atoms with Crippen molar-refractivity contribution in [3.05, 3.63) is 0 Å². The summed E-state index contributed by atoms with van der Waals surface area (Å²) in [5.74, 6) is 2.68. The Morgan fingerprint density at radius 3 is 1.64 bits per heavy atom. The van der Waals surface area contributed by atoms with Crippen molar-refractivity contribution in [3.63, 3.8) is 0 Å². The molecule has 0 bridgehead atoms. The summed E-state index contributed by atoms with van der Waals surface area (Å²) in [4.78, 5) is 0. The van der Waals surface area contributed by atoms with E-state index in [-0.39, 0.29) is 13.3 Å². The van der Waals surface area contributed by atoms with Crippen LogP contribution in [0.15, 0.2) is 0 Å². The highest BCUT2D eigenvalue weighted by Gasteiger charge is 2.17. The second-order valence-electron chi connectivity index (χ2n) is 2.13. The topological polar surface area (TPSA) is 0 Å². The maximum absolute atomic E-state index is 5.32. The highest BCUT2D eigenvalue weighted by atomic mass is 31.2. The molecule has 0 rings (SSSR count). The summed E-state index contributed by atoms with van der Waals surface area (Å²) >= 11 is 0. The molecule has 0 aromatic rings. The number of hydrogen-bond donors (Lipinski definition) is 0. The van der Waals surface area contributed by atoms with Gasteiger partial charge in [0.05, 0.1) is 13.3 Å². The summed E-state index contributed by atoms with van der Waals surface area (Å²) in [7, 11) is -1.02. The lowest BCUT2D eigenvalue weighted by molar-refractivity contribution is 1.70. The van der Waals surface area contributed by atoms with Crippen molar-refractivity contribution in [2.24, 2.45) is 0 Å². The Kier molecular flexibility index (Phi) is 5.01. The Labute approximate surface area is 71.7 Å². The van der Waals surface area contributed by atoms with E-state index >= 15 is 0 Å². The summed E-state index contributed by atoms with van der Waals surface area (Å²) in [6.07, 6.45) is 15.8. The van der Waals surface area contributed by atoms with Crippen LogP contribution in [0.2, 0.25) is 0 Å². The number of hydrogen-bond acceptors (Lipinski definition) is 0. The molecule has 0 nitrogen and oxygen atoms in total. The van der Waals surface area contributed by atoms with E-state index in [1.807, 2.05) is 0 Å². The predicted molar refractivity (Wildman–Crippen MR) is 56.0 cm³/mol. The zero-order chi connectivity index (χ0) is 8.85. The summed E-state index contributed by atoms with van der Waals surface area (Å²) in [5, 5.41) is 0.134. The first-order valence-electron chi connectivity index (χ1n) is 3.01. The van der Waals surface area contributed by atoms with Crippen LogP contribution in [-0.2, 0) is 0 Å². The fraction of sp³-hybridized carbons (Fsp3) is 0.333. The van der Waals surface area contributed by atoms with Crippen molar-refractivity contribution < 1.29 is 0 Å². The van der Waals surface area contributed by atoms with Gasteiger partial charge in [-0.15, -0.1) is 19.3 Å². The molecule has 2 heteroatoms. The molecule has 0 N–H and O–H groups in total. The first-order valence-corrected chi connectivity index (χ1v) is 6.73. The fourth-order valence-electron chi connectivity index (χ4n) is 0.633. The Balaban J connectivity index is 4.44. The van der Waals surface area contributed by atoms with Gasteiger partial charge in [-0.3, -0.25) is 0 Å². The van der Waals surface area contributed by atoms with Crippen LogP contribution in [0.3, 0.4) is 0 Å². The molecule has 0 heterocycles. The molecule has 0 saturated carbocycles. The van der Waals surface area contributed by atoms with Crippen LogP contribution >= 0.6 is 15.8 Å². The maximum Gasteiger partial charge on any atom is 0.0812 e. The molecule has 0 aliphatic heterocycles. The van der Waals surface area contributed by atoms with Crippen molar-refractivity contribution in [2.75, 3.05) is 13.3 Å². The van der Waals surface area contributed by atoms with Crippen molar-refractivity contribution in [1.82, 2.24) is 0 Å². The quantitative estimate of drug-likeness (QED) is 0.452. The Morgan fingerprint density at radius 2 is 1.55 bits per heavy atom. The minimum atomic E-state index is -0.811. The van der Waals surface area contributed by atoms with E-state index in [4.69, 9.17) is 19.3 Å². The lowest BCUT2D eigenvalue weighted by atomic mass is 10.8. The van der Waals surface area contributed by atoms with Gasteiger partial charge in [-0.25, -0.2) is 0 Å². The minimum Gasteiger partial charge on any atom is -0.119 e.